The molecule has 4 heteroatoms. The lowest BCUT2D eigenvalue weighted by Crippen LogP contribution is -2.52. The topological polar surface area (TPSA) is 41.6 Å². The molecule has 0 aromatic carbocycles. The zero-order valence-corrected chi connectivity index (χ0v) is 12.6. The van der Waals surface area contributed by atoms with Crippen LogP contribution in [0.3, 0.4) is 0 Å². The maximum atomic E-state index is 12.2. The quantitative estimate of drug-likeness (QED) is 0.716. The molecule has 0 heterocycles. The number of hydrogen-bond acceptors (Lipinski definition) is 4. The van der Waals surface area contributed by atoms with E-state index in [-0.39, 0.29) is 5.97 Å². The van der Waals surface area contributed by atoms with Gasteiger partial charge in [-0.15, -0.1) is 0 Å². The molecular weight excluding hydrogens is 240 g/mol. The highest BCUT2D eigenvalue weighted by Gasteiger charge is 2.48. The van der Waals surface area contributed by atoms with Gasteiger partial charge in [0.05, 0.1) is 7.11 Å². The molecule has 2 unspecified atom stereocenters. The van der Waals surface area contributed by atoms with Crippen molar-refractivity contribution in [2.24, 2.45) is 0 Å². The van der Waals surface area contributed by atoms with Crippen LogP contribution in [0.25, 0.3) is 0 Å². The summed E-state index contributed by atoms with van der Waals surface area (Å²) in [6.45, 7) is 6.35. The Morgan fingerprint density at radius 1 is 1.32 bits per heavy atom. The molecule has 4 nitrogen and oxygen atoms in total. The van der Waals surface area contributed by atoms with Gasteiger partial charge in [0.1, 0.15) is 5.54 Å². The molecule has 19 heavy (non-hydrogen) atoms. The molecular formula is C15H28N2O2. The van der Waals surface area contributed by atoms with Crippen molar-refractivity contribution in [3.8, 4) is 0 Å². The van der Waals surface area contributed by atoms with Crippen LogP contribution >= 0.6 is 0 Å². The van der Waals surface area contributed by atoms with Crippen molar-refractivity contribution in [3.63, 3.8) is 0 Å². The van der Waals surface area contributed by atoms with Gasteiger partial charge in [-0.3, -0.25) is 9.69 Å². The molecule has 2 fully saturated rings. The third kappa shape index (κ3) is 3.11. The van der Waals surface area contributed by atoms with Crippen molar-refractivity contribution in [1.82, 2.24) is 10.2 Å². The van der Waals surface area contributed by atoms with E-state index in [0.29, 0.717) is 6.04 Å². The van der Waals surface area contributed by atoms with E-state index < -0.39 is 5.54 Å². The number of nitrogens with zero attached hydrogens (tertiary/aromatic N) is 1. The van der Waals surface area contributed by atoms with Crippen LogP contribution in [0.4, 0.5) is 0 Å². The Morgan fingerprint density at radius 3 is 2.58 bits per heavy atom. The Bertz CT molecular complexity index is 317. The summed E-state index contributed by atoms with van der Waals surface area (Å²) in [5.41, 5.74) is -0.433. The fraction of sp³-hybridized carbons (Fsp3) is 0.933. The Labute approximate surface area is 116 Å². The van der Waals surface area contributed by atoms with Crippen LogP contribution in [-0.2, 0) is 9.53 Å². The Kier molecular flexibility index (Phi) is 4.85. The van der Waals surface area contributed by atoms with E-state index in [1.807, 2.05) is 0 Å². The molecule has 2 saturated carbocycles. The fourth-order valence-corrected chi connectivity index (χ4v) is 3.50. The Hall–Kier alpha value is -0.610. The lowest BCUT2D eigenvalue weighted by Gasteiger charge is -2.31. The van der Waals surface area contributed by atoms with Gasteiger partial charge in [0, 0.05) is 12.1 Å². The molecule has 0 bridgehead atoms. The summed E-state index contributed by atoms with van der Waals surface area (Å²) >= 11 is 0. The molecule has 0 aromatic rings. The van der Waals surface area contributed by atoms with Crippen molar-refractivity contribution in [1.29, 1.82) is 0 Å². The van der Waals surface area contributed by atoms with Gasteiger partial charge in [0.15, 0.2) is 0 Å². The van der Waals surface area contributed by atoms with Gasteiger partial charge >= 0.3 is 5.97 Å². The van der Waals surface area contributed by atoms with Crippen LogP contribution in [0.2, 0.25) is 0 Å². The fourth-order valence-electron chi connectivity index (χ4n) is 3.50. The first kappa shape index (κ1) is 14.8. The van der Waals surface area contributed by atoms with E-state index in [9.17, 15) is 4.79 Å². The van der Waals surface area contributed by atoms with E-state index in [1.54, 1.807) is 0 Å². The molecule has 0 saturated heterocycles. The average molecular weight is 268 g/mol. The van der Waals surface area contributed by atoms with Gasteiger partial charge in [-0.2, -0.15) is 0 Å². The molecule has 2 atom stereocenters. The average Bonchev–Trinajstić information content (AvgIpc) is 3.17. The summed E-state index contributed by atoms with van der Waals surface area (Å²) < 4.78 is 5.05. The minimum Gasteiger partial charge on any atom is -0.468 e. The van der Waals surface area contributed by atoms with Crippen LogP contribution in [0.15, 0.2) is 0 Å². The molecule has 1 N–H and O–H groups in total. The van der Waals surface area contributed by atoms with Crippen molar-refractivity contribution in [2.75, 3.05) is 20.2 Å². The van der Waals surface area contributed by atoms with Crippen LogP contribution in [0.5, 0.6) is 0 Å². The highest BCUT2D eigenvalue weighted by Crippen LogP contribution is 2.39. The molecule has 2 aliphatic carbocycles. The Balaban J connectivity index is 2.03. The smallest absolute Gasteiger partial charge is 0.326 e. The zero-order chi connectivity index (χ0) is 13.9. The summed E-state index contributed by atoms with van der Waals surface area (Å²) in [7, 11) is 1.50. The molecule has 2 rings (SSSR count). The van der Waals surface area contributed by atoms with Gasteiger partial charge in [-0.05, 0) is 51.6 Å². The molecule has 0 spiro atoms. The van der Waals surface area contributed by atoms with Gasteiger partial charge < -0.3 is 10.1 Å². The number of carbonyl (C=O) groups excluding carboxylic acids is 1. The summed E-state index contributed by atoms with van der Waals surface area (Å²) in [6.07, 6.45) is 6.63. The predicted molar refractivity (Wildman–Crippen MR) is 76.1 cm³/mol. The van der Waals surface area contributed by atoms with Crippen molar-refractivity contribution in [3.05, 3.63) is 0 Å². The van der Waals surface area contributed by atoms with Crippen molar-refractivity contribution >= 4 is 5.97 Å². The van der Waals surface area contributed by atoms with Crippen molar-refractivity contribution < 1.29 is 9.53 Å². The van der Waals surface area contributed by atoms with E-state index in [4.69, 9.17) is 4.74 Å². The number of carbonyl (C=O) groups is 1. The van der Waals surface area contributed by atoms with Crippen molar-refractivity contribution in [2.45, 2.75) is 70.0 Å². The highest BCUT2D eigenvalue weighted by molar-refractivity contribution is 5.81. The molecule has 110 valence electrons. The molecule has 0 amide bonds. The molecule has 0 aromatic heterocycles. The zero-order valence-electron chi connectivity index (χ0n) is 12.6. The monoisotopic (exact) mass is 268 g/mol. The van der Waals surface area contributed by atoms with E-state index in [2.05, 4.69) is 24.1 Å². The van der Waals surface area contributed by atoms with Gasteiger partial charge in [0.2, 0.25) is 0 Å². The number of ether oxygens (including phenoxy) is 1. The number of esters is 1. The van der Waals surface area contributed by atoms with Crippen LogP contribution < -0.4 is 5.32 Å². The minimum absolute atomic E-state index is 0.0738. The molecule has 0 aliphatic heterocycles. The highest BCUT2D eigenvalue weighted by atomic mass is 16.5. The number of rotatable bonds is 7. The first-order valence-electron chi connectivity index (χ1n) is 7.76. The lowest BCUT2D eigenvalue weighted by atomic mass is 9.97. The maximum Gasteiger partial charge on any atom is 0.326 e. The van der Waals surface area contributed by atoms with Gasteiger partial charge in [-0.1, -0.05) is 13.8 Å². The second-order valence-corrected chi connectivity index (χ2v) is 5.96. The second-order valence-electron chi connectivity index (χ2n) is 5.96. The van der Waals surface area contributed by atoms with Crippen LogP contribution in [0.1, 0.15) is 52.4 Å². The predicted octanol–water partition coefficient (Wildman–Crippen LogP) is 1.93. The Morgan fingerprint density at radius 2 is 2.05 bits per heavy atom. The first-order valence-corrected chi connectivity index (χ1v) is 7.76. The normalized spacial score (nSPS) is 30.8. The van der Waals surface area contributed by atoms with Crippen LogP contribution in [-0.4, -0.2) is 48.7 Å². The third-order valence-corrected chi connectivity index (χ3v) is 4.63. The first-order chi connectivity index (χ1) is 9.16. The molecule has 2 aliphatic rings. The largest absolute Gasteiger partial charge is 0.468 e. The number of nitrogens with one attached hydrogen (secondary N) is 1. The van der Waals surface area contributed by atoms with Gasteiger partial charge in [-0.25, -0.2) is 0 Å². The minimum atomic E-state index is -0.433. The van der Waals surface area contributed by atoms with Gasteiger partial charge in [0.25, 0.3) is 0 Å². The van der Waals surface area contributed by atoms with E-state index >= 15 is 0 Å². The summed E-state index contributed by atoms with van der Waals surface area (Å²) in [4.78, 5) is 14.8. The summed E-state index contributed by atoms with van der Waals surface area (Å²) in [5.74, 6) is -0.0738. The van der Waals surface area contributed by atoms with Crippen LogP contribution in [0, 0.1) is 0 Å². The third-order valence-electron chi connectivity index (χ3n) is 4.63. The number of methoxy groups -OCH3 is 1. The summed E-state index contributed by atoms with van der Waals surface area (Å²) in [6, 6.07) is 1.32. The molecule has 0 radical (unpaired) electrons. The standard InChI is InChI=1S/C15H28N2O2/c1-4-10-16-15(14(18)19-3)9-8-13(11-15)17(5-2)12-6-7-12/h12-13,16H,4-11H2,1-3H3. The SMILES string of the molecule is CCCNC1(C(=O)OC)CCC(N(CC)C2CC2)C1. The second kappa shape index (κ2) is 6.23. The lowest BCUT2D eigenvalue weighted by molar-refractivity contribution is -0.148. The number of hydrogen-bond donors (Lipinski definition) is 1. The van der Waals surface area contributed by atoms with E-state index in [1.165, 1.54) is 20.0 Å². The summed E-state index contributed by atoms with van der Waals surface area (Å²) in [5, 5.41) is 3.46. The maximum absolute atomic E-state index is 12.2. The van der Waals surface area contributed by atoms with E-state index in [0.717, 1.165) is 44.8 Å².